The van der Waals surface area contributed by atoms with Crippen LogP contribution in [-0.4, -0.2) is 22.1 Å². The largest absolute Gasteiger partial charge is 0.479 e. The number of alkyl halides is 1. The van der Waals surface area contributed by atoms with Crippen molar-refractivity contribution >= 4 is 17.6 Å². The molecule has 4 heteroatoms. The summed E-state index contributed by atoms with van der Waals surface area (Å²) >= 11 is 5.57. The Balaban J connectivity index is 2.90. The predicted molar refractivity (Wildman–Crippen MR) is 58.1 cm³/mol. The number of aliphatic hydroxyl groups excluding tert-OH is 1. The van der Waals surface area contributed by atoms with Crippen LogP contribution in [0.15, 0.2) is 24.3 Å². The summed E-state index contributed by atoms with van der Waals surface area (Å²) in [5, 5.41) is 18.2. The van der Waals surface area contributed by atoms with E-state index in [1.807, 2.05) is 12.1 Å². The first kappa shape index (κ1) is 12.0. The average molecular weight is 229 g/mol. The summed E-state index contributed by atoms with van der Waals surface area (Å²) in [5.74, 6) is -0.703. The second kappa shape index (κ2) is 5.73. The molecule has 1 aromatic rings. The minimum atomic E-state index is -1.45. The van der Waals surface area contributed by atoms with Gasteiger partial charge in [-0.1, -0.05) is 24.3 Å². The van der Waals surface area contributed by atoms with Crippen LogP contribution in [0, 0.1) is 0 Å². The third-order valence-corrected chi connectivity index (χ3v) is 2.43. The summed E-state index contributed by atoms with van der Waals surface area (Å²) in [4.78, 5) is 10.6. The Morgan fingerprint density at radius 1 is 1.40 bits per heavy atom. The van der Waals surface area contributed by atoms with Gasteiger partial charge in [0.25, 0.3) is 0 Å². The first-order valence-corrected chi connectivity index (χ1v) is 5.25. The molecule has 0 aliphatic rings. The van der Waals surface area contributed by atoms with Crippen molar-refractivity contribution < 1.29 is 15.0 Å². The zero-order chi connectivity index (χ0) is 11.3. The van der Waals surface area contributed by atoms with E-state index in [2.05, 4.69) is 0 Å². The maximum atomic E-state index is 10.6. The number of hydrogen-bond acceptors (Lipinski definition) is 2. The molecule has 2 N–H and O–H groups in total. The third kappa shape index (κ3) is 3.22. The van der Waals surface area contributed by atoms with E-state index in [1.54, 1.807) is 12.1 Å². The Hall–Kier alpha value is -1.06. The van der Waals surface area contributed by atoms with Gasteiger partial charge in [0, 0.05) is 5.88 Å². The van der Waals surface area contributed by atoms with Gasteiger partial charge in [0.1, 0.15) is 0 Å². The smallest absolute Gasteiger partial charge is 0.337 e. The van der Waals surface area contributed by atoms with Gasteiger partial charge in [0.05, 0.1) is 0 Å². The number of halogens is 1. The fourth-order valence-corrected chi connectivity index (χ4v) is 1.55. The molecule has 1 rings (SSSR count). The fraction of sp³-hybridized carbons (Fsp3) is 0.364. The molecule has 1 aromatic carbocycles. The van der Waals surface area contributed by atoms with E-state index in [9.17, 15) is 9.90 Å². The maximum absolute atomic E-state index is 10.6. The van der Waals surface area contributed by atoms with E-state index in [-0.39, 0.29) is 0 Å². The van der Waals surface area contributed by atoms with Crippen molar-refractivity contribution in [3.8, 4) is 0 Å². The van der Waals surface area contributed by atoms with E-state index in [1.165, 1.54) is 0 Å². The number of aliphatic hydroxyl groups is 1. The summed E-state index contributed by atoms with van der Waals surface area (Å²) in [7, 11) is 0. The first-order valence-electron chi connectivity index (χ1n) is 4.71. The zero-order valence-electron chi connectivity index (χ0n) is 8.19. The molecular formula is C11H13ClO3. The van der Waals surface area contributed by atoms with Crippen LogP contribution in [0.2, 0.25) is 0 Å². The van der Waals surface area contributed by atoms with Gasteiger partial charge < -0.3 is 10.2 Å². The number of carboxylic acids is 1. The van der Waals surface area contributed by atoms with Crippen LogP contribution in [0.1, 0.15) is 23.7 Å². The predicted octanol–water partition coefficient (Wildman–Crippen LogP) is 1.98. The molecule has 0 fully saturated rings. The molecule has 15 heavy (non-hydrogen) atoms. The lowest BCUT2D eigenvalue weighted by molar-refractivity contribution is -0.147. The van der Waals surface area contributed by atoms with E-state index in [0.717, 1.165) is 12.0 Å². The zero-order valence-corrected chi connectivity index (χ0v) is 8.94. The molecule has 0 amide bonds. The number of aryl methyl sites for hydroxylation is 1. The number of aliphatic carboxylic acids is 1. The van der Waals surface area contributed by atoms with Crippen molar-refractivity contribution in [3.63, 3.8) is 0 Å². The molecule has 0 aromatic heterocycles. The molecule has 0 bridgehead atoms. The van der Waals surface area contributed by atoms with Crippen LogP contribution in [0.5, 0.6) is 0 Å². The second-order valence-corrected chi connectivity index (χ2v) is 3.61. The van der Waals surface area contributed by atoms with Gasteiger partial charge in [-0.15, -0.1) is 11.6 Å². The molecule has 0 aliphatic heterocycles. The lowest BCUT2D eigenvalue weighted by Gasteiger charge is -2.11. The Morgan fingerprint density at radius 2 is 2.07 bits per heavy atom. The summed E-state index contributed by atoms with van der Waals surface area (Å²) in [6.45, 7) is 0. The number of carbonyl (C=O) groups is 1. The van der Waals surface area contributed by atoms with Crippen molar-refractivity contribution in [1.29, 1.82) is 0 Å². The monoisotopic (exact) mass is 228 g/mol. The quantitative estimate of drug-likeness (QED) is 0.758. The molecule has 0 spiro atoms. The Bertz CT molecular complexity index is 338. The van der Waals surface area contributed by atoms with Gasteiger partial charge >= 0.3 is 5.97 Å². The highest BCUT2D eigenvalue weighted by atomic mass is 35.5. The van der Waals surface area contributed by atoms with Gasteiger partial charge in [-0.05, 0) is 24.0 Å². The van der Waals surface area contributed by atoms with Gasteiger partial charge in [0.15, 0.2) is 6.10 Å². The minimum Gasteiger partial charge on any atom is -0.479 e. The van der Waals surface area contributed by atoms with Crippen molar-refractivity contribution in [3.05, 3.63) is 35.4 Å². The molecular weight excluding hydrogens is 216 g/mol. The highest BCUT2D eigenvalue weighted by molar-refractivity contribution is 6.17. The number of carboxylic acid groups (broad SMARTS) is 1. The standard InChI is InChI=1S/C11H13ClO3/c12-7-3-5-8-4-1-2-6-9(8)10(13)11(14)15/h1-2,4,6,10,13H,3,5,7H2,(H,14,15). The normalized spacial score (nSPS) is 12.4. The average Bonchev–Trinajstić information content (AvgIpc) is 2.25. The SMILES string of the molecule is O=C(O)C(O)c1ccccc1CCCCl. The number of hydrogen-bond donors (Lipinski definition) is 2. The summed E-state index contributed by atoms with van der Waals surface area (Å²) in [6, 6.07) is 6.98. The molecule has 3 nitrogen and oxygen atoms in total. The second-order valence-electron chi connectivity index (χ2n) is 3.23. The molecule has 1 unspecified atom stereocenters. The topological polar surface area (TPSA) is 57.5 Å². The number of rotatable bonds is 5. The van der Waals surface area contributed by atoms with E-state index < -0.39 is 12.1 Å². The van der Waals surface area contributed by atoms with E-state index in [0.29, 0.717) is 17.9 Å². The van der Waals surface area contributed by atoms with Gasteiger partial charge in [-0.2, -0.15) is 0 Å². The van der Waals surface area contributed by atoms with Crippen molar-refractivity contribution in [2.24, 2.45) is 0 Å². The molecule has 0 saturated heterocycles. The van der Waals surface area contributed by atoms with Crippen molar-refractivity contribution in [1.82, 2.24) is 0 Å². The van der Waals surface area contributed by atoms with Gasteiger partial charge in [0.2, 0.25) is 0 Å². The molecule has 0 saturated carbocycles. The van der Waals surface area contributed by atoms with Gasteiger partial charge in [-0.25, -0.2) is 4.79 Å². The maximum Gasteiger partial charge on any atom is 0.337 e. The minimum absolute atomic E-state index is 0.454. The summed E-state index contributed by atoms with van der Waals surface area (Å²) < 4.78 is 0. The van der Waals surface area contributed by atoms with Gasteiger partial charge in [-0.3, -0.25) is 0 Å². The van der Waals surface area contributed by atoms with Crippen molar-refractivity contribution in [2.45, 2.75) is 18.9 Å². The van der Waals surface area contributed by atoms with Crippen LogP contribution < -0.4 is 0 Å². The van der Waals surface area contributed by atoms with Crippen LogP contribution in [-0.2, 0) is 11.2 Å². The molecule has 0 heterocycles. The van der Waals surface area contributed by atoms with Crippen LogP contribution >= 0.6 is 11.6 Å². The van der Waals surface area contributed by atoms with Crippen molar-refractivity contribution in [2.75, 3.05) is 5.88 Å². The lowest BCUT2D eigenvalue weighted by atomic mass is 9.99. The lowest BCUT2D eigenvalue weighted by Crippen LogP contribution is -2.12. The fourth-order valence-electron chi connectivity index (χ4n) is 1.42. The Morgan fingerprint density at radius 3 is 2.67 bits per heavy atom. The molecule has 0 radical (unpaired) electrons. The summed E-state index contributed by atoms with van der Waals surface area (Å²) in [5.41, 5.74) is 1.29. The Labute approximate surface area is 93.3 Å². The van der Waals surface area contributed by atoms with Crippen LogP contribution in [0.3, 0.4) is 0 Å². The van der Waals surface area contributed by atoms with Crippen LogP contribution in [0.25, 0.3) is 0 Å². The highest BCUT2D eigenvalue weighted by Gasteiger charge is 2.18. The first-order chi connectivity index (χ1) is 7.16. The van der Waals surface area contributed by atoms with Crippen LogP contribution in [0.4, 0.5) is 0 Å². The number of benzene rings is 1. The third-order valence-electron chi connectivity index (χ3n) is 2.16. The van der Waals surface area contributed by atoms with E-state index in [4.69, 9.17) is 16.7 Å². The molecule has 82 valence electrons. The highest BCUT2D eigenvalue weighted by Crippen LogP contribution is 2.19. The summed E-state index contributed by atoms with van der Waals surface area (Å²) in [6.07, 6.45) is 0.00563. The molecule has 1 atom stereocenters. The van der Waals surface area contributed by atoms with E-state index >= 15 is 0 Å². The Kier molecular flexibility index (Phi) is 4.59. The molecule has 0 aliphatic carbocycles.